The van der Waals surface area contributed by atoms with E-state index in [2.05, 4.69) is 12.1 Å². The van der Waals surface area contributed by atoms with Crippen molar-refractivity contribution in [2.24, 2.45) is 0 Å². The number of thioether (sulfide) groups is 1. The quantitative estimate of drug-likeness (QED) is 0.794. The number of carbonyl (C=O) groups excluding carboxylic acids is 1. The lowest BCUT2D eigenvalue weighted by Gasteiger charge is -2.35. The largest absolute Gasteiger partial charge is 0.372 e. The first-order chi connectivity index (χ1) is 9.15. The number of ether oxygens (including phenoxy) is 1. The zero-order chi connectivity index (χ0) is 13.7. The van der Waals surface area contributed by atoms with Crippen molar-refractivity contribution in [3.05, 3.63) is 30.3 Å². The lowest BCUT2D eigenvalue weighted by atomic mass is 10.2. The molecule has 19 heavy (non-hydrogen) atoms. The molecule has 0 spiro atoms. The van der Waals surface area contributed by atoms with Crippen LogP contribution in [0.1, 0.15) is 20.3 Å². The van der Waals surface area contributed by atoms with Gasteiger partial charge in [-0.15, -0.1) is 11.8 Å². The average Bonchev–Trinajstić information content (AvgIpc) is 2.38. The molecule has 1 aliphatic heterocycles. The summed E-state index contributed by atoms with van der Waals surface area (Å²) in [6.07, 6.45) is 0.892. The molecule has 1 saturated heterocycles. The van der Waals surface area contributed by atoms with E-state index < -0.39 is 0 Å². The van der Waals surface area contributed by atoms with Crippen molar-refractivity contribution in [1.29, 1.82) is 0 Å². The molecule has 2 atom stereocenters. The van der Waals surface area contributed by atoms with E-state index in [1.165, 1.54) is 4.90 Å². The summed E-state index contributed by atoms with van der Waals surface area (Å²) in [5.74, 6) is 1.08. The number of morpholine rings is 1. The number of amides is 1. The van der Waals surface area contributed by atoms with Crippen LogP contribution < -0.4 is 0 Å². The maximum absolute atomic E-state index is 12.1. The normalized spacial score (nSPS) is 23.4. The van der Waals surface area contributed by atoms with Crippen molar-refractivity contribution >= 4 is 17.7 Å². The SMILES string of the molecule is CC1CN(C(=O)CCSc2ccccc2)CC(C)O1. The zero-order valence-electron chi connectivity index (χ0n) is 11.5. The predicted octanol–water partition coefficient (Wildman–Crippen LogP) is 2.80. The summed E-state index contributed by atoms with van der Waals surface area (Å²) in [7, 11) is 0. The number of nitrogens with zero attached hydrogens (tertiary/aromatic N) is 1. The molecule has 0 radical (unpaired) electrons. The van der Waals surface area contributed by atoms with Gasteiger partial charge in [-0.25, -0.2) is 0 Å². The number of benzene rings is 1. The molecule has 1 amide bonds. The molecular weight excluding hydrogens is 258 g/mol. The van der Waals surface area contributed by atoms with E-state index in [0.29, 0.717) is 6.42 Å². The Balaban J connectivity index is 1.75. The van der Waals surface area contributed by atoms with Crippen LogP contribution in [0.4, 0.5) is 0 Å². The summed E-state index contributed by atoms with van der Waals surface area (Å²) in [5, 5.41) is 0. The number of hydrogen-bond donors (Lipinski definition) is 0. The van der Waals surface area contributed by atoms with Gasteiger partial charge in [0.1, 0.15) is 0 Å². The van der Waals surface area contributed by atoms with Gasteiger partial charge in [0.15, 0.2) is 0 Å². The highest BCUT2D eigenvalue weighted by Gasteiger charge is 2.25. The van der Waals surface area contributed by atoms with Crippen LogP contribution in [0, 0.1) is 0 Å². The first-order valence-corrected chi connectivity index (χ1v) is 7.75. The number of rotatable bonds is 4. The molecule has 1 heterocycles. The molecule has 4 heteroatoms. The second-order valence-electron chi connectivity index (χ2n) is 4.97. The van der Waals surface area contributed by atoms with Gasteiger partial charge < -0.3 is 9.64 Å². The monoisotopic (exact) mass is 279 g/mol. The van der Waals surface area contributed by atoms with Crippen LogP contribution in [0.15, 0.2) is 35.2 Å². The van der Waals surface area contributed by atoms with Crippen molar-refractivity contribution in [3.8, 4) is 0 Å². The molecule has 104 valence electrons. The highest BCUT2D eigenvalue weighted by Crippen LogP contribution is 2.19. The summed E-state index contributed by atoms with van der Waals surface area (Å²) in [6.45, 7) is 5.49. The van der Waals surface area contributed by atoms with E-state index in [0.717, 1.165) is 18.8 Å². The Morgan fingerprint density at radius 3 is 2.53 bits per heavy atom. The highest BCUT2D eigenvalue weighted by atomic mass is 32.2. The molecule has 1 fully saturated rings. The van der Waals surface area contributed by atoms with E-state index in [9.17, 15) is 4.79 Å². The average molecular weight is 279 g/mol. The minimum atomic E-state index is 0.148. The standard InChI is InChI=1S/C15H21NO2S/c1-12-10-16(11-13(2)18-12)15(17)8-9-19-14-6-4-3-5-7-14/h3-7,12-13H,8-11H2,1-2H3. The maximum atomic E-state index is 12.1. The first kappa shape index (κ1) is 14.4. The summed E-state index contributed by atoms with van der Waals surface area (Å²) in [4.78, 5) is 15.3. The number of carbonyl (C=O) groups is 1. The zero-order valence-corrected chi connectivity index (χ0v) is 12.4. The first-order valence-electron chi connectivity index (χ1n) is 6.76. The lowest BCUT2D eigenvalue weighted by Crippen LogP contribution is -2.48. The fourth-order valence-corrected chi connectivity index (χ4v) is 3.17. The van der Waals surface area contributed by atoms with Crippen LogP contribution in [0.3, 0.4) is 0 Å². The molecule has 0 saturated carbocycles. The Hall–Kier alpha value is -1.00. The topological polar surface area (TPSA) is 29.5 Å². The predicted molar refractivity (Wildman–Crippen MR) is 78.4 cm³/mol. The Morgan fingerprint density at radius 2 is 1.89 bits per heavy atom. The minimum absolute atomic E-state index is 0.148. The van der Waals surface area contributed by atoms with Gasteiger partial charge in [0.2, 0.25) is 5.91 Å². The van der Waals surface area contributed by atoms with Crippen molar-refractivity contribution in [2.45, 2.75) is 37.4 Å². The Morgan fingerprint density at radius 1 is 1.26 bits per heavy atom. The summed E-state index contributed by atoms with van der Waals surface area (Å²) in [6, 6.07) is 10.2. The number of hydrogen-bond acceptors (Lipinski definition) is 3. The summed E-state index contributed by atoms with van der Waals surface area (Å²) >= 11 is 1.74. The van der Waals surface area contributed by atoms with Crippen molar-refractivity contribution in [2.75, 3.05) is 18.8 Å². The smallest absolute Gasteiger partial charge is 0.223 e. The summed E-state index contributed by atoms with van der Waals surface area (Å²) < 4.78 is 5.64. The highest BCUT2D eigenvalue weighted by molar-refractivity contribution is 7.99. The minimum Gasteiger partial charge on any atom is -0.372 e. The molecule has 0 bridgehead atoms. The molecule has 1 aromatic carbocycles. The molecule has 1 aliphatic rings. The van der Waals surface area contributed by atoms with Gasteiger partial charge in [0, 0.05) is 30.2 Å². The molecule has 0 aliphatic carbocycles. The van der Waals surface area contributed by atoms with E-state index in [1.807, 2.05) is 36.9 Å². The van der Waals surface area contributed by atoms with Crippen molar-refractivity contribution in [3.63, 3.8) is 0 Å². The third-order valence-electron chi connectivity index (χ3n) is 3.10. The fraction of sp³-hybridized carbons (Fsp3) is 0.533. The second-order valence-corrected chi connectivity index (χ2v) is 6.14. The molecule has 0 aromatic heterocycles. The van der Waals surface area contributed by atoms with Gasteiger partial charge in [0.05, 0.1) is 12.2 Å². The van der Waals surface area contributed by atoms with E-state index in [1.54, 1.807) is 11.8 Å². The van der Waals surface area contributed by atoms with Crippen LogP contribution in [0.25, 0.3) is 0 Å². The molecular formula is C15H21NO2S. The van der Waals surface area contributed by atoms with Gasteiger partial charge in [-0.2, -0.15) is 0 Å². The van der Waals surface area contributed by atoms with Gasteiger partial charge in [-0.05, 0) is 26.0 Å². The third kappa shape index (κ3) is 4.55. The fourth-order valence-electron chi connectivity index (χ4n) is 2.31. The van der Waals surface area contributed by atoms with Crippen LogP contribution in [0.2, 0.25) is 0 Å². The summed E-state index contributed by atoms with van der Waals surface area (Å²) in [5.41, 5.74) is 0. The maximum Gasteiger partial charge on any atom is 0.223 e. The van der Waals surface area contributed by atoms with Crippen molar-refractivity contribution in [1.82, 2.24) is 4.90 Å². The van der Waals surface area contributed by atoms with Crippen LogP contribution in [0.5, 0.6) is 0 Å². The van der Waals surface area contributed by atoms with Gasteiger partial charge >= 0.3 is 0 Å². The van der Waals surface area contributed by atoms with Crippen LogP contribution >= 0.6 is 11.8 Å². The van der Waals surface area contributed by atoms with Crippen LogP contribution in [-0.4, -0.2) is 41.9 Å². The molecule has 2 unspecified atom stereocenters. The van der Waals surface area contributed by atoms with Gasteiger partial charge in [0.25, 0.3) is 0 Å². The van der Waals surface area contributed by atoms with E-state index >= 15 is 0 Å². The van der Waals surface area contributed by atoms with Gasteiger partial charge in [-0.1, -0.05) is 18.2 Å². The Bertz CT molecular complexity index is 400. The molecule has 1 aromatic rings. The molecule has 2 rings (SSSR count). The van der Waals surface area contributed by atoms with Crippen molar-refractivity contribution < 1.29 is 9.53 Å². The van der Waals surface area contributed by atoms with E-state index in [-0.39, 0.29) is 18.1 Å². The molecule has 0 N–H and O–H groups in total. The third-order valence-corrected chi connectivity index (χ3v) is 4.11. The lowest BCUT2D eigenvalue weighted by molar-refractivity contribution is -0.142. The van der Waals surface area contributed by atoms with Gasteiger partial charge in [-0.3, -0.25) is 4.79 Å². The van der Waals surface area contributed by atoms with Crippen LogP contribution in [-0.2, 0) is 9.53 Å². The second kappa shape index (κ2) is 6.96. The van der Waals surface area contributed by atoms with E-state index in [4.69, 9.17) is 4.74 Å². The molecule has 3 nitrogen and oxygen atoms in total. The Kier molecular flexibility index (Phi) is 5.28. The Labute approximate surface area is 119 Å².